The Balaban J connectivity index is 1.40. The molecule has 8 heteroatoms. The van der Waals surface area contributed by atoms with Gasteiger partial charge in [-0.15, -0.1) is 0 Å². The first-order valence-corrected chi connectivity index (χ1v) is 8.53. The Hall–Kier alpha value is -3.81. The summed E-state index contributed by atoms with van der Waals surface area (Å²) in [5, 5.41) is 3.62. The van der Waals surface area contributed by atoms with E-state index in [2.05, 4.69) is 10.1 Å². The molecule has 0 aliphatic carbocycles. The minimum absolute atomic E-state index is 0.115. The molecule has 0 saturated carbocycles. The smallest absolute Gasteiger partial charge is 0.338 e. The standard InChI is InChI=1S/C20H15N3O5/c1-12-21-17(28-22-12)11-27-20(26)14-8-6-13(7-9-14)10-23-18(24)15-4-2-3-5-16(15)19(23)25/h2-9H,10-11H2,1H3. The zero-order chi connectivity index (χ0) is 19.7. The van der Waals surface area contributed by atoms with E-state index in [1.165, 1.54) is 4.90 Å². The van der Waals surface area contributed by atoms with Crippen molar-refractivity contribution in [2.45, 2.75) is 20.1 Å². The quantitative estimate of drug-likeness (QED) is 0.497. The van der Waals surface area contributed by atoms with E-state index in [0.717, 1.165) is 5.56 Å². The number of amides is 2. The highest BCUT2D eigenvalue weighted by Gasteiger charge is 2.34. The van der Waals surface area contributed by atoms with Gasteiger partial charge in [-0.25, -0.2) is 4.79 Å². The molecule has 1 aliphatic heterocycles. The molecule has 1 aliphatic rings. The molecule has 3 aromatic rings. The summed E-state index contributed by atoms with van der Waals surface area (Å²) in [6, 6.07) is 13.2. The Labute approximate surface area is 159 Å². The Morgan fingerprint density at radius 2 is 1.68 bits per heavy atom. The second kappa shape index (κ2) is 7.07. The van der Waals surface area contributed by atoms with Gasteiger partial charge < -0.3 is 9.26 Å². The number of aromatic nitrogens is 2. The van der Waals surface area contributed by atoms with Crippen LogP contribution in [0.5, 0.6) is 0 Å². The van der Waals surface area contributed by atoms with Crippen molar-refractivity contribution >= 4 is 17.8 Å². The van der Waals surface area contributed by atoms with E-state index in [9.17, 15) is 14.4 Å². The lowest BCUT2D eigenvalue weighted by Gasteiger charge is -2.14. The number of nitrogens with zero attached hydrogens (tertiary/aromatic N) is 3. The summed E-state index contributed by atoms with van der Waals surface area (Å²) in [4.78, 5) is 42.1. The fourth-order valence-electron chi connectivity index (χ4n) is 2.92. The minimum Gasteiger partial charge on any atom is -0.452 e. The molecular weight excluding hydrogens is 362 g/mol. The molecule has 0 spiro atoms. The van der Waals surface area contributed by atoms with Crippen molar-refractivity contribution < 1.29 is 23.6 Å². The number of fused-ring (bicyclic) bond motifs is 1. The zero-order valence-electron chi connectivity index (χ0n) is 14.9. The van der Waals surface area contributed by atoms with Gasteiger partial charge in [0.25, 0.3) is 17.7 Å². The van der Waals surface area contributed by atoms with Crippen LogP contribution < -0.4 is 0 Å². The Kier molecular flexibility index (Phi) is 4.44. The first-order valence-electron chi connectivity index (χ1n) is 8.53. The normalized spacial score (nSPS) is 13.0. The maximum absolute atomic E-state index is 12.4. The topological polar surface area (TPSA) is 103 Å². The van der Waals surface area contributed by atoms with Crippen molar-refractivity contribution in [1.29, 1.82) is 0 Å². The van der Waals surface area contributed by atoms with E-state index in [4.69, 9.17) is 9.26 Å². The molecule has 28 heavy (non-hydrogen) atoms. The summed E-state index contributed by atoms with van der Waals surface area (Å²) in [5.74, 6) is -0.502. The number of carbonyl (C=O) groups excluding carboxylic acids is 3. The van der Waals surface area contributed by atoms with Crippen molar-refractivity contribution in [2.75, 3.05) is 0 Å². The minimum atomic E-state index is -0.539. The Morgan fingerprint density at radius 1 is 1.04 bits per heavy atom. The number of ether oxygens (including phenoxy) is 1. The van der Waals surface area contributed by atoms with Crippen LogP contribution in [0, 0.1) is 6.92 Å². The van der Waals surface area contributed by atoms with Gasteiger partial charge in [0.2, 0.25) is 0 Å². The largest absolute Gasteiger partial charge is 0.452 e. The van der Waals surface area contributed by atoms with Crippen LogP contribution in [-0.4, -0.2) is 32.8 Å². The summed E-state index contributed by atoms with van der Waals surface area (Å²) in [6.07, 6.45) is 0. The van der Waals surface area contributed by atoms with E-state index in [1.54, 1.807) is 55.5 Å². The third kappa shape index (κ3) is 3.27. The second-order valence-corrected chi connectivity index (χ2v) is 6.25. The van der Waals surface area contributed by atoms with Crippen LogP contribution in [0.2, 0.25) is 0 Å². The highest BCUT2D eigenvalue weighted by atomic mass is 16.6. The van der Waals surface area contributed by atoms with Gasteiger partial charge in [0.05, 0.1) is 23.2 Å². The number of rotatable bonds is 5. The van der Waals surface area contributed by atoms with E-state index < -0.39 is 5.97 Å². The molecular formula is C20H15N3O5. The number of esters is 1. The molecule has 0 saturated heterocycles. The van der Waals surface area contributed by atoms with Gasteiger partial charge in [-0.05, 0) is 36.8 Å². The molecule has 8 nitrogen and oxygen atoms in total. The number of imide groups is 1. The first-order chi connectivity index (χ1) is 13.5. The van der Waals surface area contributed by atoms with Crippen LogP contribution >= 0.6 is 0 Å². The molecule has 2 aromatic carbocycles. The average Bonchev–Trinajstić information content (AvgIpc) is 3.24. The molecule has 0 radical (unpaired) electrons. The SMILES string of the molecule is Cc1noc(COC(=O)c2ccc(CN3C(=O)c4ccccc4C3=O)cc2)n1. The highest BCUT2D eigenvalue weighted by molar-refractivity contribution is 6.21. The van der Waals surface area contributed by atoms with E-state index >= 15 is 0 Å². The van der Waals surface area contributed by atoms with Crippen LogP contribution in [0.1, 0.15) is 48.4 Å². The Bertz CT molecular complexity index is 1040. The third-order valence-electron chi connectivity index (χ3n) is 4.30. The van der Waals surface area contributed by atoms with Crippen LogP contribution in [0.3, 0.4) is 0 Å². The molecule has 0 atom stereocenters. The maximum atomic E-state index is 12.4. The highest BCUT2D eigenvalue weighted by Crippen LogP contribution is 2.24. The van der Waals surface area contributed by atoms with Gasteiger partial charge in [0.15, 0.2) is 12.4 Å². The van der Waals surface area contributed by atoms with Gasteiger partial charge >= 0.3 is 5.97 Å². The molecule has 0 N–H and O–H groups in total. The molecule has 4 rings (SSSR count). The van der Waals surface area contributed by atoms with Crippen LogP contribution in [0.25, 0.3) is 0 Å². The number of carbonyl (C=O) groups is 3. The predicted molar refractivity (Wildman–Crippen MR) is 95.2 cm³/mol. The number of aryl methyl sites for hydroxylation is 1. The zero-order valence-corrected chi connectivity index (χ0v) is 14.9. The number of benzene rings is 2. The van der Waals surface area contributed by atoms with Crippen molar-refractivity contribution in [3.63, 3.8) is 0 Å². The van der Waals surface area contributed by atoms with E-state index in [1.807, 2.05) is 0 Å². The lowest BCUT2D eigenvalue weighted by atomic mass is 10.1. The van der Waals surface area contributed by atoms with Crippen molar-refractivity contribution in [3.8, 4) is 0 Å². The van der Waals surface area contributed by atoms with Gasteiger partial charge in [0, 0.05) is 0 Å². The molecule has 2 heterocycles. The van der Waals surface area contributed by atoms with Crippen molar-refractivity contribution in [2.24, 2.45) is 0 Å². The molecule has 1 aromatic heterocycles. The lowest BCUT2D eigenvalue weighted by Crippen LogP contribution is -2.29. The number of hydrogen-bond donors (Lipinski definition) is 0. The first kappa shape index (κ1) is 17.6. The summed E-state index contributed by atoms with van der Waals surface area (Å²) in [5.41, 5.74) is 1.87. The van der Waals surface area contributed by atoms with Crippen LogP contribution in [0.15, 0.2) is 53.1 Å². The van der Waals surface area contributed by atoms with Gasteiger partial charge in [-0.3, -0.25) is 14.5 Å². The second-order valence-electron chi connectivity index (χ2n) is 6.25. The Morgan fingerprint density at radius 3 is 2.25 bits per heavy atom. The summed E-state index contributed by atoms with van der Waals surface area (Å²) in [7, 11) is 0. The summed E-state index contributed by atoms with van der Waals surface area (Å²) in [6.45, 7) is 1.68. The molecule has 140 valence electrons. The summed E-state index contributed by atoms with van der Waals surface area (Å²) >= 11 is 0. The van der Waals surface area contributed by atoms with Crippen LogP contribution in [0.4, 0.5) is 0 Å². The predicted octanol–water partition coefficient (Wildman–Crippen LogP) is 2.53. The lowest BCUT2D eigenvalue weighted by molar-refractivity contribution is 0.0429. The maximum Gasteiger partial charge on any atom is 0.338 e. The van der Waals surface area contributed by atoms with Crippen molar-refractivity contribution in [3.05, 3.63) is 82.5 Å². The molecule has 0 fully saturated rings. The molecule has 0 bridgehead atoms. The number of hydrogen-bond acceptors (Lipinski definition) is 7. The average molecular weight is 377 g/mol. The third-order valence-corrected chi connectivity index (χ3v) is 4.30. The van der Waals surface area contributed by atoms with Crippen LogP contribution in [-0.2, 0) is 17.9 Å². The monoisotopic (exact) mass is 377 g/mol. The molecule has 2 amide bonds. The summed E-state index contributed by atoms with van der Waals surface area (Å²) < 4.78 is 10.0. The molecule has 0 unspecified atom stereocenters. The van der Waals surface area contributed by atoms with Gasteiger partial charge in [0.1, 0.15) is 0 Å². The van der Waals surface area contributed by atoms with Crippen molar-refractivity contribution in [1.82, 2.24) is 15.0 Å². The van der Waals surface area contributed by atoms with E-state index in [0.29, 0.717) is 22.5 Å². The van der Waals surface area contributed by atoms with Gasteiger partial charge in [-0.1, -0.05) is 29.4 Å². The fourth-order valence-corrected chi connectivity index (χ4v) is 2.92. The fraction of sp³-hybridized carbons (Fsp3) is 0.150. The van der Waals surface area contributed by atoms with Gasteiger partial charge in [-0.2, -0.15) is 4.98 Å². The van der Waals surface area contributed by atoms with E-state index in [-0.39, 0.29) is 30.9 Å².